The van der Waals surface area contributed by atoms with E-state index >= 15 is 0 Å². The van der Waals surface area contributed by atoms with E-state index in [1.165, 1.54) is 12.1 Å². The van der Waals surface area contributed by atoms with Gasteiger partial charge >= 0.3 is 6.03 Å². The van der Waals surface area contributed by atoms with Gasteiger partial charge in [-0.15, -0.1) is 0 Å². The highest BCUT2D eigenvalue weighted by Gasteiger charge is 2.12. The summed E-state index contributed by atoms with van der Waals surface area (Å²) in [4.78, 5) is 18.3. The van der Waals surface area contributed by atoms with Crippen molar-refractivity contribution in [1.82, 2.24) is 15.2 Å². The Morgan fingerprint density at radius 3 is 2.57 bits per heavy atom. The van der Waals surface area contributed by atoms with Crippen LogP contribution in [0.5, 0.6) is 11.6 Å². The Bertz CT molecular complexity index is 936. The van der Waals surface area contributed by atoms with Crippen LogP contribution in [0.4, 0.5) is 9.18 Å². The number of hydrogen-bond acceptors (Lipinski definition) is 4. The number of nitrogens with zero attached hydrogens (tertiary/aromatic N) is 2. The topological polar surface area (TPSA) is 74.7 Å². The van der Waals surface area contributed by atoms with Gasteiger partial charge in [-0.2, -0.15) is 0 Å². The van der Waals surface area contributed by atoms with Crippen LogP contribution >= 0.6 is 0 Å². The summed E-state index contributed by atoms with van der Waals surface area (Å²) in [5, 5.41) is 12.1. The molecule has 0 atom stereocenters. The zero-order valence-corrected chi connectivity index (χ0v) is 16.5. The number of hydrogen-bond donors (Lipinski definition) is 2. The van der Waals surface area contributed by atoms with Crippen LogP contribution in [0.25, 0.3) is 0 Å². The molecule has 0 radical (unpaired) electrons. The van der Waals surface area contributed by atoms with E-state index in [-0.39, 0.29) is 25.0 Å². The maximum absolute atomic E-state index is 13.2. The third-order valence-corrected chi connectivity index (χ3v) is 4.43. The van der Waals surface area contributed by atoms with E-state index in [2.05, 4.69) is 10.3 Å². The minimum absolute atomic E-state index is 0.101. The van der Waals surface area contributed by atoms with Gasteiger partial charge in [-0.3, -0.25) is 0 Å². The van der Waals surface area contributed by atoms with Crippen molar-refractivity contribution in [3.63, 3.8) is 0 Å². The summed E-state index contributed by atoms with van der Waals surface area (Å²) in [7, 11) is 0. The van der Waals surface area contributed by atoms with Crippen molar-refractivity contribution in [1.29, 1.82) is 0 Å². The summed E-state index contributed by atoms with van der Waals surface area (Å²) in [6.45, 7) is 0.960. The second-order valence-corrected chi connectivity index (χ2v) is 6.67. The first-order valence-electron chi connectivity index (χ1n) is 9.70. The first-order valence-corrected chi connectivity index (χ1v) is 9.70. The summed E-state index contributed by atoms with van der Waals surface area (Å²) in [6, 6.07) is 18.9. The molecule has 3 aromatic rings. The van der Waals surface area contributed by atoms with Crippen molar-refractivity contribution >= 4 is 6.03 Å². The molecule has 6 nitrogen and oxygen atoms in total. The van der Waals surface area contributed by atoms with E-state index in [4.69, 9.17) is 4.74 Å². The fourth-order valence-electron chi connectivity index (χ4n) is 2.86. The molecule has 0 saturated heterocycles. The summed E-state index contributed by atoms with van der Waals surface area (Å²) < 4.78 is 18.7. The summed E-state index contributed by atoms with van der Waals surface area (Å²) in [6.07, 6.45) is 2.30. The number of aliphatic hydroxyl groups excluding tert-OH is 1. The zero-order chi connectivity index (χ0) is 21.2. The smallest absolute Gasteiger partial charge is 0.317 e. The maximum Gasteiger partial charge on any atom is 0.317 e. The van der Waals surface area contributed by atoms with Crippen molar-refractivity contribution in [2.45, 2.75) is 13.0 Å². The van der Waals surface area contributed by atoms with Gasteiger partial charge in [0, 0.05) is 38.0 Å². The first-order chi connectivity index (χ1) is 14.6. The number of urea groups is 1. The molecule has 0 aliphatic rings. The average molecular weight is 409 g/mol. The number of carbonyl (C=O) groups excluding carboxylic acids is 1. The van der Waals surface area contributed by atoms with Crippen molar-refractivity contribution in [2.24, 2.45) is 0 Å². The molecule has 3 rings (SSSR count). The maximum atomic E-state index is 13.2. The lowest BCUT2D eigenvalue weighted by molar-refractivity contribution is 0.177. The number of benzene rings is 2. The molecule has 1 aromatic heterocycles. The molecular formula is C23H24FN3O3. The van der Waals surface area contributed by atoms with Crippen molar-refractivity contribution in [3.05, 3.63) is 89.9 Å². The lowest BCUT2D eigenvalue weighted by atomic mass is 10.1. The third-order valence-electron chi connectivity index (χ3n) is 4.43. The molecule has 7 heteroatoms. The number of rotatable bonds is 9. The number of amides is 2. The zero-order valence-electron chi connectivity index (χ0n) is 16.5. The second kappa shape index (κ2) is 10.9. The van der Waals surface area contributed by atoms with E-state index in [1.54, 1.807) is 35.4 Å². The van der Waals surface area contributed by atoms with Crippen LogP contribution in [0, 0.1) is 5.82 Å². The molecule has 0 saturated carbocycles. The van der Waals surface area contributed by atoms with Gasteiger partial charge in [0.1, 0.15) is 11.6 Å². The number of aromatic nitrogens is 1. The Kier molecular flexibility index (Phi) is 7.74. The van der Waals surface area contributed by atoms with E-state index in [0.717, 1.165) is 11.1 Å². The van der Waals surface area contributed by atoms with E-state index in [1.807, 2.05) is 30.3 Å². The minimum Gasteiger partial charge on any atom is -0.439 e. The molecule has 1 heterocycles. The van der Waals surface area contributed by atoms with Gasteiger partial charge in [0.25, 0.3) is 0 Å². The van der Waals surface area contributed by atoms with Crippen LogP contribution in [-0.2, 0) is 13.0 Å². The summed E-state index contributed by atoms with van der Waals surface area (Å²) >= 11 is 0. The van der Waals surface area contributed by atoms with Gasteiger partial charge in [-0.25, -0.2) is 14.2 Å². The number of aliphatic hydroxyl groups is 1. The Balaban J connectivity index is 1.50. The molecule has 2 N–H and O–H groups in total. The van der Waals surface area contributed by atoms with Crippen molar-refractivity contribution in [3.8, 4) is 11.6 Å². The fraction of sp³-hybridized carbons (Fsp3) is 0.217. The van der Waals surface area contributed by atoms with Crippen molar-refractivity contribution in [2.75, 3.05) is 19.7 Å². The van der Waals surface area contributed by atoms with Gasteiger partial charge < -0.3 is 20.1 Å². The predicted molar refractivity (Wildman–Crippen MR) is 112 cm³/mol. The van der Waals surface area contributed by atoms with E-state index in [0.29, 0.717) is 31.1 Å². The van der Waals surface area contributed by atoms with Crippen LogP contribution in [0.3, 0.4) is 0 Å². The molecule has 0 unspecified atom stereocenters. The van der Waals surface area contributed by atoms with Crippen molar-refractivity contribution < 1.29 is 19.0 Å². The summed E-state index contributed by atoms with van der Waals surface area (Å²) in [5.74, 6) is 0.314. The Morgan fingerprint density at radius 2 is 1.87 bits per heavy atom. The Hall–Kier alpha value is -3.45. The normalized spacial score (nSPS) is 10.5. The monoisotopic (exact) mass is 409 g/mol. The predicted octanol–water partition coefficient (Wildman–Crippen LogP) is 3.76. The van der Waals surface area contributed by atoms with Crippen LogP contribution in [0.1, 0.15) is 11.1 Å². The second-order valence-electron chi connectivity index (χ2n) is 6.67. The van der Waals surface area contributed by atoms with Gasteiger partial charge in [0.15, 0.2) is 0 Å². The third kappa shape index (κ3) is 6.56. The number of pyridine rings is 1. The number of halogens is 1. The lowest BCUT2D eigenvalue weighted by Gasteiger charge is -2.22. The van der Waals surface area contributed by atoms with Crippen LogP contribution in [0.15, 0.2) is 72.9 Å². The molecule has 2 aromatic carbocycles. The highest BCUT2D eigenvalue weighted by atomic mass is 19.1. The molecule has 0 fully saturated rings. The SMILES string of the molecule is O=C(NCc1ccc(Oc2cccc(F)c2)nc1)N(CCO)CCc1ccccc1. The molecule has 0 spiro atoms. The van der Waals surface area contributed by atoms with Crippen LogP contribution < -0.4 is 10.1 Å². The Labute approximate surface area is 174 Å². The van der Waals surface area contributed by atoms with E-state index < -0.39 is 0 Å². The molecule has 156 valence electrons. The molecule has 2 amide bonds. The number of ether oxygens (including phenoxy) is 1. The van der Waals surface area contributed by atoms with Gasteiger partial charge in [0.2, 0.25) is 5.88 Å². The number of nitrogens with one attached hydrogen (secondary N) is 1. The van der Waals surface area contributed by atoms with Crippen LogP contribution in [-0.4, -0.2) is 40.7 Å². The molecule has 30 heavy (non-hydrogen) atoms. The molecule has 0 bridgehead atoms. The minimum atomic E-state index is -0.383. The number of carbonyl (C=O) groups is 1. The molecular weight excluding hydrogens is 385 g/mol. The summed E-state index contributed by atoms with van der Waals surface area (Å²) in [5.41, 5.74) is 1.92. The largest absolute Gasteiger partial charge is 0.439 e. The first kappa shape index (κ1) is 21.3. The molecule has 0 aliphatic heterocycles. The highest BCUT2D eigenvalue weighted by Crippen LogP contribution is 2.20. The standard InChI is InChI=1S/C23H24FN3O3/c24-20-7-4-8-21(15-20)30-22-10-9-19(16-25-22)17-26-23(29)27(13-14-28)12-11-18-5-2-1-3-6-18/h1-10,15-16,28H,11-14,17H2,(H,26,29). The molecule has 0 aliphatic carbocycles. The van der Waals surface area contributed by atoms with E-state index in [9.17, 15) is 14.3 Å². The quantitative estimate of drug-likeness (QED) is 0.564. The van der Waals surface area contributed by atoms with Crippen LogP contribution in [0.2, 0.25) is 0 Å². The van der Waals surface area contributed by atoms with Gasteiger partial charge in [0.05, 0.1) is 6.61 Å². The Morgan fingerprint density at radius 1 is 1.03 bits per heavy atom. The fourth-order valence-corrected chi connectivity index (χ4v) is 2.86. The highest BCUT2D eigenvalue weighted by molar-refractivity contribution is 5.74. The van der Waals surface area contributed by atoms with Gasteiger partial charge in [-0.1, -0.05) is 42.5 Å². The lowest BCUT2D eigenvalue weighted by Crippen LogP contribution is -2.42. The van der Waals surface area contributed by atoms with Gasteiger partial charge in [-0.05, 0) is 29.7 Å². The average Bonchev–Trinajstić information content (AvgIpc) is 2.77.